The van der Waals surface area contributed by atoms with E-state index < -0.39 is 0 Å². The van der Waals surface area contributed by atoms with Crippen LogP contribution in [0.25, 0.3) is 0 Å². The maximum atomic E-state index is 11.9. The van der Waals surface area contributed by atoms with Crippen molar-refractivity contribution in [1.82, 2.24) is 5.32 Å². The van der Waals surface area contributed by atoms with E-state index in [1.165, 1.54) is 12.1 Å². The molecule has 2 rings (SSSR count). The Morgan fingerprint density at radius 2 is 2.17 bits per heavy atom. The molecule has 0 heterocycles. The monoisotopic (exact) mass is 269 g/mol. The van der Waals surface area contributed by atoms with Gasteiger partial charge in [-0.25, -0.2) is 0 Å². The lowest BCUT2D eigenvalue weighted by Crippen LogP contribution is -2.30. The Labute approximate surface area is 111 Å². The summed E-state index contributed by atoms with van der Waals surface area (Å²) in [5, 5.41) is 21.7. The predicted octanol–water partition coefficient (Wildman–Crippen LogP) is 1.94. The van der Waals surface area contributed by atoms with Crippen molar-refractivity contribution in [2.45, 2.75) is 19.3 Å². The summed E-state index contributed by atoms with van der Waals surface area (Å²) in [7, 11) is 0. The number of phenols is 1. The summed E-state index contributed by atoms with van der Waals surface area (Å²) in [6.07, 6.45) is 2.76. The molecule has 0 spiro atoms. The zero-order valence-corrected chi connectivity index (χ0v) is 10.7. The molecule has 0 bridgehead atoms. The third kappa shape index (κ3) is 2.94. The smallest absolute Gasteiger partial charge is 0.255 e. The number of aliphatic hydroxyl groups is 1. The molecule has 0 aliphatic heterocycles. The summed E-state index contributed by atoms with van der Waals surface area (Å²) in [5.41, 5.74) is 0.283. The normalized spacial score (nSPS) is 16.3. The quantitative estimate of drug-likeness (QED) is 0.765. The van der Waals surface area contributed by atoms with E-state index in [1.54, 1.807) is 6.07 Å². The van der Waals surface area contributed by atoms with Crippen molar-refractivity contribution in [3.05, 3.63) is 28.8 Å². The fraction of sp³-hybridized carbons (Fsp3) is 0.462. The van der Waals surface area contributed by atoms with Gasteiger partial charge in [-0.3, -0.25) is 4.79 Å². The first-order valence-electron chi connectivity index (χ1n) is 5.94. The lowest BCUT2D eigenvalue weighted by atomic mass is 10.0. The summed E-state index contributed by atoms with van der Waals surface area (Å²) < 4.78 is 0. The van der Waals surface area contributed by atoms with Crippen molar-refractivity contribution < 1.29 is 15.0 Å². The number of aromatic hydroxyl groups is 1. The lowest BCUT2D eigenvalue weighted by Gasteiger charge is -2.14. The van der Waals surface area contributed by atoms with Gasteiger partial charge in [-0.2, -0.15) is 0 Å². The molecule has 1 aliphatic carbocycles. The number of carbonyl (C=O) groups is 1. The highest BCUT2D eigenvalue weighted by atomic mass is 35.5. The average Bonchev–Trinajstić information content (AvgIpc) is 3.07. The molecule has 0 saturated heterocycles. The Morgan fingerprint density at radius 1 is 1.44 bits per heavy atom. The van der Waals surface area contributed by atoms with Gasteiger partial charge in [0.25, 0.3) is 5.91 Å². The number of nitrogens with one attached hydrogen (secondary N) is 1. The third-order valence-electron chi connectivity index (χ3n) is 3.43. The van der Waals surface area contributed by atoms with Crippen LogP contribution in [0.3, 0.4) is 0 Å². The van der Waals surface area contributed by atoms with Gasteiger partial charge in [0.15, 0.2) is 0 Å². The maximum Gasteiger partial charge on any atom is 0.255 e. The number of amides is 1. The van der Waals surface area contributed by atoms with Gasteiger partial charge in [0.1, 0.15) is 5.75 Å². The molecule has 5 heteroatoms. The number of aliphatic hydroxyl groups excluding tert-OH is 1. The van der Waals surface area contributed by atoms with Gasteiger partial charge in [0.05, 0.1) is 5.56 Å². The highest BCUT2D eigenvalue weighted by Gasteiger charge is 2.41. The molecule has 0 radical (unpaired) electrons. The average molecular weight is 270 g/mol. The number of rotatable bonds is 5. The Kier molecular flexibility index (Phi) is 3.78. The Hall–Kier alpha value is -1.26. The van der Waals surface area contributed by atoms with Crippen molar-refractivity contribution in [3.8, 4) is 5.75 Å². The number of carbonyl (C=O) groups excluding carboxylic acids is 1. The van der Waals surface area contributed by atoms with Crippen molar-refractivity contribution >= 4 is 17.5 Å². The highest BCUT2D eigenvalue weighted by Crippen LogP contribution is 2.47. The van der Waals surface area contributed by atoms with Gasteiger partial charge >= 0.3 is 0 Å². The molecule has 1 fully saturated rings. The van der Waals surface area contributed by atoms with Gasteiger partial charge in [0, 0.05) is 18.2 Å². The van der Waals surface area contributed by atoms with E-state index in [2.05, 4.69) is 5.32 Å². The number of halogens is 1. The molecular weight excluding hydrogens is 254 g/mol. The van der Waals surface area contributed by atoms with Crippen LogP contribution in [0.2, 0.25) is 5.02 Å². The van der Waals surface area contributed by atoms with Gasteiger partial charge < -0.3 is 15.5 Å². The molecule has 4 nitrogen and oxygen atoms in total. The van der Waals surface area contributed by atoms with Gasteiger partial charge in [-0.1, -0.05) is 11.6 Å². The predicted molar refractivity (Wildman–Crippen MR) is 68.8 cm³/mol. The first kappa shape index (κ1) is 13.2. The number of hydrogen-bond acceptors (Lipinski definition) is 3. The number of benzene rings is 1. The molecule has 1 saturated carbocycles. The summed E-state index contributed by atoms with van der Waals surface area (Å²) in [6, 6.07) is 4.41. The van der Waals surface area contributed by atoms with Gasteiger partial charge in [0.2, 0.25) is 0 Å². The van der Waals surface area contributed by atoms with E-state index in [9.17, 15) is 9.90 Å². The molecule has 0 atom stereocenters. The molecular formula is C13H16ClNO3. The van der Waals surface area contributed by atoms with E-state index in [4.69, 9.17) is 16.7 Å². The fourth-order valence-corrected chi connectivity index (χ4v) is 2.16. The Bertz CT molecular complexity index is 458. The van der Waals surface area contributed by atoms with Crippen LogP contribution in [-0.4, -0.2) is 29.3 Å². The fourth-order valence-electron chi connectivity index (χ4n) is 1.99. The molecule has 18 heavy (non-hydrogen) atoms. The summed E-state index contributed by atoms with van der Waals surface area (Å²) in [6.45, 7) is 0.677. The van der Waals surface area contributed by atoms with Crippen LogP contribution in [0.4, 0.5) is 0 Å². The lowest BCUT2D eigenvalue weighted by molar-refractivity contribution is 0.0938. The molecule has 0 unspecified atom stereocenters. The van der Waals surface area contributed by atoms with Crippen LogP contribution in [0, 0.1) is 5.41 Å². The Morgan fingerprint density at radius 3 is 2.72 bits per heavy atom. The zero-order valence-electron chi connectivity index (χ0n) is 9.95. The van der Waals surface area contributed by atoms with Crippen LogP contribution in [0.15, 0.2) is 18.2 Å². The Balaban J connectivity index is 1.96. The van der Waals surface area contributed by atoms with Crippen LogP contribution in [-0.2, 0) is 0 Å². The molecule has 0 aromatic heterocycles. The van der Waals surface area contributed by atoms with Crippen LogP contribution in [0.1, 0.15) is 29.6 Å². The summed E-state index contributed by atoms with van der Waals surface area (Å²) in [4.78, 5) is 11.9. The van der Waals surface area contributed by atoms with Crippen molar-refractivity contribution in [2.24, 2.45) is 5.41 Å². The van der Waals surface area contributed by atoms with Crippen molar-refractivity contribution in [1.29, 1.82) is 0 Å². The van der Waals surface area contributed by atoms with Crippen LogP contribution < -0.4 is 5.32 Å². The number of hydrogen-bond donors (Lipinski definition) is 3. The van der Waals surface area contributed by atoms with E-state index in [1.807, 2.05) is 0 Å². The minimum atomic E-state index is -0.312. The van der Waals surface area contributed by atoms with E-state index in [0.29, 0.717) is 18.0 Å². The van der Waals surface area contributed by atoms with Crippen LogP contribution >= 0.6 is 11.6 Å². The minimum absolute atomic E-state index is 0.0620. The van der Waals surface area contributed by atoms with Crippen molar-refractivity contribution in [3.63, 3.8) is 0 Å². The molecule has 1 amide bonds. The maximum absolute atomic E-state index is 11.9. The first-order valence-corrected chi connectivity index (χ1v) is 6.32. The minimum Gasteiger partial charge on any atom is -0.507 e. The highest BCUT2D eigenvalue weighted by molar-refractivity contribution is 6.30. The zero-order chi connectivity index (χ0) is 13.2. The van der Waals surface area contributed by atoms with Crippen molar-refractivity contribution in [2.75, 3.05) is 13.2 Å². The standard InChI is InChI=1S/C13H16ClNO3/c14-9-1-2-10(11(17)7-9)12(18)15-8-13(3-4-13)5-6-16/h1-2,7,16-17H,3-6,8H2,(H,15,18). The molecule has 1 aromatic rings. The largest absolute Gasteiger partial charge is 0.507 e. The topological polar surface area (TPSA) is 69.6 Å². The second-order valence-electron chi connectivity index (χ2n) is 4.82. The second-order valence-corrected chi connectivity index (χ2v) is 5.25. The molecule has 1 aliphatic rings. The van der Waals surface area contributed by atoms with Gasteiger partial charge in [-0.05, 0) is 42.9 Å². The first-order chi connectivity index (χ1) is 8.56. The van der Waals surface area contributed by atoms with E-state index in [-0.39, 0.29) is 29.2 Å². The summed E-state index contributed by atoms with van der Waals surface area (Å²) in [5.74, 6) is -0.430. The SMILES string of the molecule is O=C(NCC1(CCO)CC1)c1ccc(Cl)cc1O. The third-order valence-corrected chi connectivity index (χ3v) is 3.66. The molecule has 98 valence electrons. The van der Waals surface area contributed by atoms with Gasteiger partial charge in [-0.15, -0.1) is 0 Å². The van der Waals surface area contributed by atoms with E-state index >= 15 is 0 Å². The molecule has 3 N–H and O–H groups in total. The number of phenolic OH excluding ortho intramolecular Hbond substituents is 1. The second kappa shape index (κ2) is 5.16. The summed E-state index contributed by atoms with van der Waals surface area (Å²) >= 11 is 5.70. The van der Waals surface area contributed by atoms with E-state index in [0.717, 1.165) is 12.8 Å². The van der Waals surface area contributed by atoms with Crippen LogP contribution in [0.5, 0.6) is 5.75 Å². The molecule has 1 aromatic carbocycles.